The molecule has 3 aromatic rings. The number of benzene rings is 1. The Morgan fingerprint density at radius 2 is 2.00 bits per heavy atom. The minimum atomic E-state index is 0.683. The van der Waals surface area contributed by atoms with Gasteiger partial charge in [0.05, 0.1) is 29.8 Å². The van der Waals surface area contributed by atoms with Crippen LogP contribution in [0.3, 0.4) is 0 Å². The fourth-order valence-corrected chi connectivity index (χ4v) is 2.51. The van der Waals surface area contributed by atoms with E-state index in [9.17, 15) is 0 Å². The predicted molar refractivity (Wildman–Crippen MR) is 88.3 cm³/mol. The van der Waals surface area contributed by atoms with E-state index >= 15 is 0 Å². The number of hydrogen-bond acceptors (Lipinski definition) is 3. The Morgan fingerprint density at radius 1 is 1.18 bits per heavy atom. The van der Waals surface area contributed by atoms with E-state index in [1.54, 1.807) is 0 Å². The van der Waals surface area contributed by atoms with Gasteiger partial charge in [-0.15, -0.1) is 0 Å². The molecule has 0 saturated carbocycles. The van der Waals surface area contributed by atoms with Crippen molar-refractivity contribution in [2.24, 2.45) is 7.05 Å². The molecule has 22 heavy (non-hydrogen) atoms. The number of nitrogens with zero attached hydrogens (tertiary/aromatic N) is 4. The molecule has 0 aliphatic rings. The van der Waals surface area contributed by atoms with Gasteiger partial charge in [-0.3, -0.25) is 0 Å². The molecule has 3 rings (SSSR count). The quantitative estimate of drug-likeness (QED) is 0.804. The van der Waals surface area contributed by atoms with Crippen LogP contribution >= 0.6 is 0 Å². The summed E-state index contributed by atoms with van der Waals surface area (Å²) in [6, 6.07) is 6.42. The molecule has 0 atom stereocenters. The van der Waals surface area contributed by atoms with Gasteiger partial charge in [0.15, 0.2) is 0 Å². The number of nitrogens with one attached hydrogen (secondary N) is 1. The van der Waals surface area contributed by atoms with Crippen LogP contribution in [-0.4, -0.2) is 19.3 Å². The molecular formula is C17H21N5. The first-order chi connectivity index (χ1) is 10.6. The number of rotatable bonds is 4. The fourth-order valence-electron chi connectivity index (χ4n) is 2.51. The van der Waals surface area contributed by atoms with Crippen molar-refractivity contribution in [2.45, 2.75) is 27.3 Å². The molecule has 0 fully saturated rings. The van der Waals surface area contributed by atoms with Crippen LogP contribution in [0, 0.1) is 20.8 Å². The zero-order chi connectivity index (χ0) is 15.7. The van der Waals surface area contributed by atoms with E-state index in [2.05, 4.69) is 54.4 Å². The lowest BCUT2D eigenvalue weighted by molar-refractivity contribution is 0.811. The molecule has 0 aliphatic carbocycles. The summed E-state index contributed by atoms with van der Waals surface area (Å²) < 4.78 is 4.00. The van der Waals surface area contributed by atoms with Gasteiger partial charge in [-0.2, -0.15) is 5.10 Å². The molecule has 0 saturated heterocycles. The third-order valence-electron chi connectivity index (χ3n) is 3.96. The van der Waals surface area contributed by atoms with Crippen molar-refractivity contribution in [3.63, 3.8) is 0 Å². The molecule has 114 valence electrons. The van der Waals surface area contributed by atoms with E-state index in [0.29, 0.717) is 6.54 Å². The Morgan fingerprint density at radius 3 is 2.73 bits per heavy atom. The lowest BCUT2D eigenvalue weighted by atomic mass is 10.1. The van der Waals surface area contributed by atoms with E-state index < -0.39 is 0 Å². The van der Waals surface area contributed by atoms with Gasteiger partial charge in [0.2, 0.25) is 0 Å². The van der Waals surface area contributed by atoms with Crippen molar-refractivity contribution in [3.8, 4) is 5.69 Å². The zero-order valence-corrected chi connectivity index (χ0v) is 13.5. The third-order valence-corrected chi connectivity index (χ3v) is 3.96. The molecule has 1 N–H and O–H groups in total. The molecule has 2 aromatic heterocycles. The van der Waals surface area contributed by atoms with Crippen molar-refractivity contribution in [1.82, 2.24) is 19.3 Å². The maximum atomic E-state index is 4.54. The van der Waals surface area contributed by atoms with Crippen LogP contribution in [0.25, 0.3) is 5.69 Å². The molecule has 0 spiro atoms. The van der Waals surface area contributed by atoms with Crippen LogP contribution in [-0.2, 0) is 13.6 Å². The van der Waals surface area contributed by atoms with Crippen LogP contribution in [0.1, 0.15) is 22.6 Å². The molecule has 0 radical (unpaired) electrons. The summed E-state index contributed by atoms with van der Waals surface area (Å²) in [6.07, 6.45) is 5.63. The summed E-state index contributed by atoms with van der Waals surface area (Å²) >= 11 is 0. The second-order valence-corrected chi connectivity index (χ2v) is 5.65. The third kappa shape index (κ3) is 2.62. The topological polar surface area (TPSA) is 47.7 Å². The first-order valence-corrected chi connectivity index (χ1v) is 7.38. The molecule has 1 aromatic carbocycles. The van der Waals surface area contributed by atoms with Crippen molar-refractivity contribution in [2.75, 3.05) is 5.32 Å². The standard InChI is InChI=1S/C17H21N5/c1-12-5-6-13(2)16(9-12)22-14(3)15(10-20-22)19-11-17-18-7-8-21(17)4/h5-10,19H,11H2,1-4H3. The van der Waals surface area contributed by atoms with Crippen molar-refractivity contribution in [1.29, 1.82) is 0 Å². The summed E-state index contributed by atoms with van der Waals surface area (Å²) in [6.45, 7) is 6.97. The molecular weight excluding hydrogens is 274 g/mol. The molecule has 5 heteroatoms. The minimum absolute atomic E-state index is 0.683. The summed E-state index contributed by atoms with van der Waals surface area (Å²) in [5.74, 6) is 0.999. The highest BCUT2D eigenvalue weighted by molar-refractivity contribution is 5.52. The van der Waals surface area contributed by atoms with Crippen LogP contribution in [0.4, 0.5) is 5.69 Å². The van der Waals surface area contributed by atoms with E-state index in [0.717, 1.165) is 22.9 Å². The number of imidazole rings is 1. The summed E-state index contributed by atoms with van der Waals surface area (Å²) in [7, 11) is 2.00. The van der Waals surface area contributed by atoms with Crippen LogP contribution in [0.2, 0.25) is 0 Å². The predicted octanol–water partition coefficient (Wildman–Crippen LogP) is 3.14. The largest absolute Gasteiger partial charge is 0.375 e. The van der Waals surface area contributed by atoms with Gasteiger partial charge in [-0.05, 0) is 38.0 Å². The molecule has 0 amide bonds. The van der Waals surface area contributed by atoms with Crippen molar-refractivity contribution < 1.29 is 0 Å². The Balaban J connectivity index is 1.86. The molecule has 0 unspecified atom stereocenters. The average molecular weight is 295 g/mol. The maximum absolute atomic E-state index is 4.54. The van der Waals surface area contributed by atoms with Gasteiger partial charge in [-0.1, -0.05) is 12.1 Å². The first kappa shape index (κ1) is 14.4. The first-order valence-electron chi connectivity index (χ1n) is 7.38. The highest BCUT2D eigenvalue weighted by atomic mass is 15.3. The van der Waals surface area contributed by atoms with Gasteiger partial charge < -0.3 is 9.88 Å². The minimum Gasteiger partial charge on any atom is -0.375 e. The van der Waals surface area contributed by atoms with Gasteiger partial charge in [-0.25, -0.2) is 9.67 Å². The number of aromatic nitrogens is 4. The second-order valence-electron chi connectivity index (χ2n) is 5.65. The maximum Gasteiger partial charge on any atom is 0.127 e. The summed E-state index contributed by atoms with van der Waals surface area (Å²) in [4.78, 5) is 4.32. The van der Waals surface area contributed by atoms with Gasteiger partial charge >= 0.3 is 0 Å². The highest BCUT2D eigenvalue weighted by Gasteiger charge is 2.10. The molecule has 0 bridgehead atoms. The smallest absolute Gasteiger partial charge is 0.127 e. The Kier molecular flexibility index (Phi) is 3.71. The Labute approximate surface area is 130 Å². The van der Waals surface area contributed by atoms with Gasteiger partial charge in [0.1, 0.15) is 5.82 Å². The molecule has 0 aliphatic heterocycles. The molecule has 5 nitrogen and oxygen atoms in total. The SMILES string of the molecule is Cc1ccc(C)c(-n2ncc(NCc3nccn3C)c2C)c1. The van der Waals surface area contributed by atoms with Gasteiger partial charge in [0.25, 0.3) is 0 Å². The lowest BCUT2D eigenvalue weighted by Crippen LogP contribution is -2.07. The highest BCUT2D eigenvalue weighted by Crippen LogP contribution is 2.22. The van der Waals surface area contributed by atoms with E-state index in [-0.39, 0.29) is 0 Å². The molecule has 2 heterocycles. The normalized spacial score (nSPS) is 10.9. The van der Waals surface area contributed by atoms with Crippen LogP contribution in [0.5, 0.6) is 0 Å². The Hall–Kier alpha value is -2.56. The van der Waals surface area contributed by atoms with Crippen molar-refractivity contribution >= 4 is 5.69 Å². The fraction of sp³-hybridized carbons (Fsp3) is 0.294. The van der Waals surface area contributed by atoms with Gasteiger partial charge in [0, 0.05) is 19.4 Å². The second kappa shape index (κ2) is 5.67. The summed E-state index contributed by atoms with van der Waals surface area (Å²) in [5.41, 5.74) is 5.71. The van der Waals surface area contributed by atoms with Crippen LogP contribution in [0.15, 0.2) is 36.8 Å². The average Bonchev–Trinajstić information content (AvgIpc) is 3.06. The summed E-state index contributed by atoms with van der Waals surface area (Å²) in [5, 5.41) is 7.95. The van der Waals surface area contributed by atoms with Crippen LogP contribution < -0.4 is 5.32 Å². The van der Waals surface area contributed by atoms with E-state index in [1.165, 1.54) is 11.1 Å². The lowest BCUT2D eigenvalue weighted by Gasteiger charge is -2.10. The zero-order valence-electron chi connectivity index (χ0n) is 13.5. The number of hydrogen-bond donors (Lipinski definition) is 1. The van der Waals surface area contributed by atoms with E-state index in [4.69, 9.17) is 0 Å². The van der Waals surface area contributed by atoms with Crippen molar-refractivity contribution in [3.05, 3.63) is 59.4 Å². The number of anilines is 1. The number of aryl methyl sites for hydroxylation is 3. The van der Waals surface area contributed by atoms with E-state index in [1.807, 2.05) is 34.9 Å². The monoisotopic (exact) mass is 295 g/mol. The Bertz CT molecular complexity index is 797.